The van der Waals surface area contributed by atoms with Crippen molar-refractivity contribution in [3.63, 3.8) is 0 Å². The summed E-state index contributed by atoms with van der Waals surface area (Å²) in [5.74, 6) is -1.43. The molecule has 1 heterocycles. The molecule has 29 heavy (non-hydrogen) atoms. The molecule has 0 spiro atoms. The van der Waals surface area contributed by atoms with Gasteiger partial charge < -0.3 is 19.1 Å². The van der Waals surface area contributed by atoms with E-state index in [0.29, 0.717) is 25.4 Å². The molecule has 5 nitrogen and oxygen atoms in total. The molecule has 0 N–H and O–H groups in total. The summed E-state index contributed by atoms with van der Waals surface area (Å²) in [6.07, 6.45) is 0.958. The summed E-state index contributed by atoms with van der Waals surface area (Å²) >= 11 is 0. The normalized spacial score (nSPS) is 17.0. The van der Waals surface area contributed by atoms with Crippen LogP contribution in [0.25, 0.3) is 0 Å². The summed E-state index contributed by atoms with van der Waals surface area (Å²) in [7, 11) is 1.59. The van der Waals surface area contributed by atoms with Gasteiger partial charge in [0.1, 0.15) is 11.5 Å². The Balaban J connectivity index is 1.73. The molecule has 1 fully saturated rings. The average molecular weight is 405 g/mol. The minimum atomic E-state index is -1.02. The number of carbonyl (C=O) groups is 1. The number of methoxy groups -OCH3 is 1. The average Bonchev–Trinajstić information content (AvgIpc) is 3.23. The van der Waals surface area contributed by atoms with Gasteiger partial charge in [-0.25, -0.2) is 8.78 Å². The first-order chi connectivity index (χ1) is 14.0. The highest BCUT2D eigenvalue weighted by molar-refractivity contribution is 5.81. The first-order valence-electron chi connectivity index (χ1n) is 9.61. The molecule has 0 aromatic heterocycles. The molecule has 1 aliphatic rings. The Bertz CT molecular complexity index is 839. The maximum atomic E-state index is 13.4. The van der Waals surface area contributed by atoms with Crippen LogP contribution in [0.15, 0.2) is 42.5 Å². The fourth-order valence-electron chi connectivity index (χ4n) is 3.32. The lowest BCUT2D eigenvalue weighted by Crippen LogP contribution is -2.43. The number of carbonyl (C=O) groups excluding carboxylic acids is 1. The first-order valence-corrected chi connectivity index (χ1v) is 9.61. The molecular formula is C22H25F2NO4. The Labute approximate surface area is 169 Å². The van der Waals surface area contributed by atoms with E-state index >= 15 is 0 Å². The van der Waals surface area contributed by atoms with Crippen LogP contribution >= 0.6 is 0 Å². The minimum Gasteiger partial charge on any atom is -0.497 e. The molecule has 0 saturated carbocycles. The molecule has 0 radical (unpaired) electrons. The Kier molecular flexibility index (Phi) is 7.04. The number of amides is 1. The molecule has 0 aliphatic carbocycles. The van der Waals surface area contributed by atoms with Gasteiger partial charge >= 0.3 is 0 Å². The Hall–Kier alpha value is -2.67. The van der Waals surface area contributed by atoms with Crippen molar-refractivity contribution in [2.45, 2.75) is 38.5 Å². The fraction of sp³-hybridized carbons (Fsp3) is 0.409. The highest BCUT2D eigenvalue weighted by Gasteiger charge is 2.27. The topological polar surface area (TPSA) is 48.0 Å². The van der Waals surface area contributed by atoms with Crippen molar-refractivity contribution in [1.29, 1.82) is 0 Å². The summed E-state index contributed by atoms with van der Waals surface area (Å²) in [4.78, 5) is 14.8. The second-order valence-corrected chi connectivity index (χ2v) is 7.04. The van der Waals surface area contributed by atoms with Crippen molar-refractivity contribution in [2.24, 2.45) is 0 Å². The highest BCUT2D eigenvalue weighted by Crippen LogP contribution is 2.21. The van der Waals surface area contributed by atoms with Gasteiger partial charge in [-0.2, -0.15) is 0 Å². The monoisotopic (exact) mass is 405 g/mol. The summed E-state index contributed by atoms with van der Waals surface area (Å²) in [6, 6.07) is 10.7. The molecule has 156 valence electrons. The van der Waals surface area contributed by atoms with Crippen LogP contribution in [-0.4, -0.2) is 43.3 Å². The zero-order chi connectivity index (χ0) is 20.8. The number of nitrogens with zero attached hydrogens (tertiary/aromatic N) is 1. The van der Waals surface area contributed by atoms with E-state index in [2.05, 4.69) is 0 Å². The summed E-state index contributed by atoms with van der Waals surface area (Å²) < 4.78 is 43.1. The van der Waals surface area contributed by atoms with Gasteiger partial charge in [0, 0.05) is 25.8 Å². The maximum Gasteiger partial charge on any atom is 0.263 e. The minimum absolute atomic E-state index is 0.0278. The van der Waals surface area contributed by atoms with E-state index in [4.69, 9.17) is 14.2 Å². The highest BCUT2D eigenvalue weighted by atomic mass is 19.2. The number of hydrogen-bond acceptors (Lipinski definition) is 4. The number of benzene rings is 2. The van der Waals surface area contributed by atoms with Crippen LogP contribution in [0.1, 0.15) is 25.3 Å². The Morgan fingerprint density at radius 3 is 2.72 bits per heavy atom. The van der Waals surface area contributed by atoms with Crippen LogP contribution in [-0.2, 0) is 16.1 Å². The van der Waals surface area contributed by atoms with Gasteiger partial charge in [-0.3, -0.25) is 4.79 Å². The SMILES string of the molecule is COc1cccc(CN(CC2CCCO2)C(=O)C(C)Oc2ccc(F)c(F)c2)c1. The summed E-state index contributed by atoms with van der Waals surface area (Å²) in [6.45, 7) is 3.08. The summed E-state index contributed by atoms with van der Waals surface area (Å²) in [5.41, 5.74) is 0.913. The van der Waals surface area contributed by atoms with Gasteiger partial charge in [0.25, 0.3) is 5.91 Å². The third-order valence-electron chi connectivity index (χ3n) is 4.82. The molecule has 1 saturated heterocycles. The van der Waals surface area contributed by atoms with E-state index in [9.17, 15) is 13.6 Å². The van der Waals surface area contributed by atoms with Crippen LogP contribution in [0.2, 0.25) is 0 Å². The largest absolute Gasteiger partial charge is 0.497 e. The maximum absolute atomic E-state index is 13.4. The van der Waals surface area contributed by atoms with Crippen molar-refractivity contribution in [2.75, 3.05) is 20.3 Å². The van der Waals surface area contributed by atoms with Crippen LogP contribution in [0.5, 0.6) is 11.5 Å². The van der Waals surface area contributed by atoms with Gasteiger partial charge in [0.05, 0.1) is 13.2 Å². The lowest BCUT2D eigenvalue weighted by Gasteiger charge is -2.28. The molecule has 1 amide bonds. The second kappa shape index (κ2) is 9.69. The number of rotatable bonds is 8. The van der Waals surface area contributed by atoms with E-state index in [0.717, 1.165) is 30.5 Å². The molecule has 3 rings (SSSR count). The van der Waals surface area contributed by atoms with Gasteiger partial charge in [0.15, 0.2) is 17.7 Å². The van der Waals surface area contributed by atoms with Gasteiger partial charge in [-0.05, 0) is 49.6 Å². The number of hydrogen-bond donors (Lipinski definition) is 0. The van der Waals surface area contributed by atoms with Crippen LogP contribution in [0.3, 0.4) is 0 Å². The van der Waals surface area contributed by atoms with Gasteiger partial charge in [0.2, 0.25) is 0 Å². The second-order valence-electron chi connectivity index (χ2n) is 7.04. The Morgan fingerprint density at radius 2 is 2.03 bits per heavy atom. The van der Waals surface area contributed by atoms with Crippen LogP contribution in [0, 0.1) is 11.6 Å². The van der Waals surface area contributed by atoms with Gasteiger partial charge in [-0.1, -0.05) is 12.1 Å². The molecule has 2 atom stereocenters. The molecule has 2 unspecified atom stereocenters. The molecule has 2 aromatic rings. The molecule has 0 bridgehead atoms. The third-order valence-corrected chi connectivity index (χ3v) is 4.82. The molecular weight excluding hydrogens is 380 g/mol. The molecule has 1 aliphatic heterocycles. The third kappa shape index (κ3) is 5.67. The van der Waals surface area contributed by atoms with Crippen molar-refractivity contribution in [3.8, 4) is 11.5 Å². The lowest BCUT2D eigenvalue weighted by atomic mass is 10.1. The zero-order valence-electron chi connectivity index (χ0n) is 16.6. The van der Waals surface area contributed by atoms with Crippen molar-refractivity contribution < 1.29 is 27.8 Å². The van der Waals surface area contributed by atoms with Crippen LogP contribution < -0.4 is 9.47 Å². The van der Waals surface area contributed by atoms with Crippen molar-refractivity contribution in [1.82, 2.24) is 4.90 Å². The Morgan fingerprint density at radius 1 is 1.21 bits per heavy atom. The lowest BCUT2D eigenvalue weighted by molar-refractivity contribution is -0.140. The molecule has 7 heteroatoms. The van der Waals surface area contributed by atoms with Crippen molar-refractivity contribution in [3.05, 3.63) is 59.7 Å². The summed E-state index contributed by atoms with van der Waals surface area (Å²) in [5, 5.41) is 0. The van der Waals surface area contributed by atoms with E-state index in [1.807, 2.05) is 24.3 Å². The van der Waals surface area contributed by atoms with Gasteiger partial charge in [-0.15, -0.1) is 0 Å². The standard InChI is InChI=1S/C22H25F2NO4/c1-15(29-18-8-9-20(23)21(24)12-18)22(26)25(14-19-7-4-10-28-19)13-16-5-3-6-17(11-16)27-2/h3,5-6,8-9,11-12,15,19H,4,7,10,13-14H2,1-2H3. The number of ether oxygens (including phenoxy) is 3. The predicted molar refractivity (Wildman–Crippen MR) is 104 cm³/mol. The predicted octanol–water partition coefficient (Wildman–Crippen LogP) is 3.95. The van der Waals surface area contributed by atoms with Crippen molar-refractivity contribution >= 4 is 5.91 Å². The van der Waals surface area contributed by atoms with Crippen LogP contribution in [0.4, 0.5) is 8.78 Å². The molecule has 2 aromatic carbocycles. The number of halogens is 2. The van der Waals surface area contributed by atoms with E-state index in [1.165, 1.54) is 6.07 Å². The smallest absolute Gasteiger partial charge is 0.263 e. The first kappa shape index (κ1) is 21.0. The van der Waals surface area contributed by atoms with E-state index in [-0.39, 0.29) is 17.8 Å². The van der Waals surface area contributed by atoms with E-state index in [1.54, 1.807) is 18.9 Å². The quantitative estimate of drug-likeness (QED) is 0.667. The fourth-order valence-corrected chi connectivity index (χ4v) is 3.32. The van der Waals surface area contributed by atoms with E-state index < -0.39 is 17.7 Å². The zero-order valence-corrected chi connectivity index (χ0v) is 16.6.